The van der Waals surface area contributed by atoms with Gasteiger partial charge in [-0.15, -0.1) is 0 Å². The predicted octanol–water partition coefficient (Wildman–Crippen LogP) is 2.62. The molecule has 0 radical (unpaired) electrons. The predicted molar refractivity (Wildman–Crippen MR) is 99.3 cm³/mol. The quantitative estimate of drug-likeness (QED) is 0.469. The van der Waals surface area contributed by atoms with Gasteiger partial charge in [0.25, 0.3) is 5.91 Å². The van der Waals surface area contributed by atoms with Gasteiger partial charge in [0, 0.05) is 22.2 Å². The lowest BCUT2D eigenvalue weighted by Gasteiger charge is -2.11. The summed E-state index contributed by atoms with van der Waals surface area (Å²) >= 11 is 0. The Labute approximate surface area is 144 Å². The average molecular weight is 337 g/mol. The first kappa shape index (κ1) is 16.4. The molecular weight excluding hydrogens is 318 g/mol. The summed E-state index contributed by atoms with van der Waals surface area (Å²) in [5.74, 6) is -0.478. The molecule has 0 bridgehead atoms. The number of hydrogen-bond donors (Lipinski definition) is 5. The number of amides is 3. The van der Waals surface area contributed by atoms with E-state index in [-0.39, 0.29) is 11.4 Å². The molecule has 0 atom stereocenters. The summed E-state index contributed by atoms with van der Waals surface area (Å²) in [5.41, 5.74) is 22.3. The number of nitrogen functional groups attached to an aromatic ring is 1. The second kappa shape index (κ2) is 5.86. The van der Waals surface area contributed by atoms with Crippen molar-refractivity contribution in [3.8, 4) is 11.1 Å². The molecule has 0 aliphatic rings. The Bertz CT molecular complexity index is 1020. The molecule has 0 saturated carbocycles. The molecule has 1 aromatic heterocycles. The third kappa shape index (κ3) is 2.76. The Kier molecular flexibility index (Phi) is 3.84. The molecule has 128 valence electrons. The number of nitrogens with two attached hydrogens (primary N) is 3. The minimum Gasteiger partial charge on any atom is -0.398 e. The number of anilines is 2. The van der Waals surface area contributed by atoms with E-state index >= 15 is 0 Å². The van der Waals surface area contributed by atoms with Gasteiger partial charge in [0.1, 0.15) is 5.82 Å². The number of nitrogens with one attached hydrogen (secondary N) is 2. The molecule has 7 heteroatoms. The topological polar surface area (TPSA) is 140 Å². The molecule has 25 heavy (non-hydrogen) atoms. The SMILES string of the molecule is Cc1ccc(-c2ccc3c(C(N)=O)c(NC(N)=O)[nH]c3c2)c(N)c1C. The number of urea groups is 1. The number of rotatable bonds is 3. The Morgan fingerprint density at radius 2 is 1.80 bits per heavy atom. The molecule has 3 amide bonds. The van der Waals surface area contributed by atoms with Crippen LogP contribution in [0.15, 0.2) is 30.3 Å². The van der Waals surface area contributed by atoms with E-state index in [2.05, 4.69) is 10.3 Å². The van der Waals surface area contributed by atoms with E-state index in [9.17, 15) is 9.59 Å². The van der Waals surface area contributed by atoms with Crippen LogP contribution in [0.3, 0.4) is 0 Å². The van der Waals surface area contributed by atoms with Crippen molar-refractivity contribution in [1.82, 2.24) is 4.98 Å². The van der Waals surface area contributed by atoms with E-state index in [1.807, 2.05) is 38.1 Å². The Hall–Kier alpha value is -3.48. The van der Waals surface area contributed by atoms with Gasteiger partial charge in [-0.2, -0.15) is 0 Å². The first-order chi connectivity index (χ1) is 11.8. The maximum atomic E-state index is 11.8. The van der Waals surface area contributed by atoms with Crippen LogP contribution in [0.2, 0.25) is 0 Å². The number of hydrogen-bond acceptors (Lipinski definition) is 3. The van der Waals surface area contributed by atoms with E-state index < -0.39 is 11.9 Å². The smallest absolute Gasteiger partial charge is 0.317 e. The Morgan fingerprint density at radius 1 is 1.08 bits per heavy atom. The van der Waals surface area contributed by atoms with Crippen LogP contribution in [0.4, 0.5) is 16.3 Å². The van der Waals surface area contributed by atoms with E-state index in [1.165, 1.54) is 0 Å². The molecular formula is C18H19N5O2. The second-order valence-corrected chi connectivity index (χ2v) is 5.96. The molecule has 0 saturated heterocycles. The van der Waals surface area contributed by atoms with E-state index in [1.54, 1.807) is 6.07 Å². The van der Waals surface area contributed by atoms with Gasteiger partial charge in [-0.25, -0.2) is 4.79 Å². The number of aromatic amines is 1. The number of aryl methyl sites for hydroxylation is 1. The number of H-pyrrole nitrogens is 1. The fraction of sp³-hybridized carbons (Fsp3) is 0.111. The number of benzene rings is 2. The van der Waals surface area contributed by atoms with Crippen LogP contribution < -0.4 is 22.5 Å². The van der Waals surface area contributed by atoms with Crippen LogP contribution in [-0.4, -0.2) is 16.9 Å². The largest absolute Gasteiger partial charge is 0.398 e. The van der Waals surface area contributed by atoms with Crippen LogP contribution in [-0.2, 0) is 0 Å². The molecule has 2 aromatic carbocycles. The van der Waals surface area contributed by atoms with Crippen molar-refractivity contribution in [2.24, 2.45) is 11.5 Å². The lowest BCUT2D eigenvalue weighted by Crippen LogP contribution is -2.22. The van der Waals surface area contributed by atoms with Crippen molar-refractivity contribution >= 4 is 34.3 Å². The fourth-order valence-electron chi connectivity index (χ4n) is 2.93. The van der Waals surface area contributed by atoms with E-state index in [4.69, 9.17) is 17.2 Å². The summed E-state index contributed by atoms with van der Waals surface area (Å²) in [6.07, 6.45) is 0. The highest BCUT2D eigenvalue weighted by molar-refractivity contribution is 6.13. The van der Waals surface area contributed by atoms with Crippen LogP contribution in [0.5, 0.6) is 0 Å². The van der Waals surface area contributed by atoms with Gasteiger partial charge in [0.05, 0.1) is 5.56 Å². The van der Waals surface area contributed by atoms with Crippen molar-refractivity contribution in [3.63, 3.8) is 0 Å². The maximum Gasteiger partial charge on any atom is 0.317 e. The monoisotopic (exact) mass is 337 g/mol. The lowest BCUT2D eigenvalue weighted by molar-refractivity contribution is 0.100. The minimum atomic E-state index is -0.785. The summed E-state index contributed by atoms with van der Waals surface area (Å²) in [6.45, 7) is 3.98. The van der Waals surface area contributed by atoms with Crippen molar-refractivity contribution in [1.29, 1.82) is 0 Å². The van der Waals surface area contributed by atoms with Crippen LogP contribution in [0.25, 0.3) is 22.0 Å². The summed E-state index contributed by atoms with van der Waals surface area (Å²) in [7, 11) is 0. The minimum absolute atomic E-state index is 0.181. The Morgan fingerprint density at radius 3 is 2.44 bits per heavy atom. The van der Waals surface area contributed by atoms with Gasteiger partial charge >= 0.3 is 6.03 Å². The number of primary amides is 2. The number of carbonyl (C=O) groups excluding carboxylic acids is 2. The molecule has 8 N–H and O–H groups in total. The van der Waals surface area contributed by atoms with Crippen LogP contribution in [0, 0.1) is 13.8 Å². The van der Waals surface area contributed by atoms with Crippen molar-refractivity contribution in [2.75, 3.05) is 11.1 Å². The van der Waals surface area contributed by atoms with Crippen LogP contribution in [0.1, 0.15) is 21.5 Å². The summed E-state index contributed by atoms with van der Waals surface area (Å²) in [6, 6.07) is 8.66. The van der Waals surface area contributed by atoms with Gasteiger partial charge in [-0.3, -0.25) is 10.1 Å². The molecule has 1 heterocycles. The summed E-state index contributed by atoms with van der Waals surface area (Å²) in [5, 5.41) is 2.99. The maximum absolute atomic E-state index is 11.8. The van der Waals surface area contributed by atoms with Gasteiger partial charge in [-0.05, 0) is 36.6 Å². The summed E-state index contributed by atoms with van der Waals surface area (Å²) in [4.78, 5) is 25.9. The van der Waals surface area contributed by atoms with Gasteiger partial charge in [0.2, 0.25) is 0 Å². The van der Waals surface area contributed by atoms with Crippen LogP contribution >= 0.6 is 0 Å². The molecule has 7 nitrogen and oxygen atoms in total. The third-order valence-corrected chi connectivity index (χ3v) is 4.39. The second-order valence-electron chi connectivity index (χ2n) is 5.96. The van der Waals surface area contributed by atoms with Crippen molar-refractivity contribution in [3.05, 3.63) is 47.0 Å². The van der Waals surface area contributed by atoms with Crippen molar-refractivity contribution < 1.29 is 9.59 Å². The molecule has 0 fully saturated rings. The molecule has 0 aliphatic heterocycles. The lowest BCUT2D eigenvalue weighted by atomic mass is 9.97. The molecule has 3 rings (SSSR count). The standard InChI is InChI=1S/C18H19N5O2/c1-8-3-5-11(15(19)9(8)2)10-4-6-12-13(7-10)22-17(23-18(21)25)14(12)16(20)24/h3-7,22H,19H2,1-2H3,(H2,20,24)(H3,21,23,25). The van der Waals surface area contributed by atoms with Gasteiger partial charge in [0.15, 0.2) is 0 Å². The van der Waals surface area contributed by atoms with E-state index in [0.29, 0.717) is 16.6 Å². The van der Waals surface area contributed by atoms with Crippen molar-refractivity contribution in [2.45, 2.75) is 13.8 Å². The van der Waals surface area contributed by atoms with E-state index in [0.717, 1.165) is 22.3 Å². The summed E-state index contributed by atoms with van der Waals surface area (Å²) < 4.78 is 0. The normalized spacial score (nSPS) is 10.8. The fourth-order valence-corrected chi connectivity index (χ4v) is 2.93. The molecule has 0 unspecified atom stereocenters. The number of carbonyl (C=O) groups is 2. The highest BCUT2D eigenvalue weighted by atomic mass is 16.2. The third-order valence-electron chi connectivity index (χ3n) is 4.39. The first-order valence-electron chi connectivity index (χ1n) is 7.67. The zero-order valence-electron chi connectivity index (χ0n) is 13.9. The Balaban J connectivity index is 2.20. The first-order valence-corrected chi connectivity index (χ1v) is 7.67. The molecule has 3 aromatic rings. The highest BCUT2D eigenvalue weighted by Gasteiger charge is 2.18. The average Bonchev–Trinajstić information content (AvgIpc) is 2.89. The zero-order chi connectivity index (χ0) is 18.3. The number of fused-ring (bicyclic) bond motifs is 1. The number of aromatic nitrogens is 1. The molecule has 0 aliphatic carbocycles. The zero-order valence-corrected chi connectivity index (χ0v) is 13.9. The van der Waals surface area contributed by atoms with Gasteiger partial charge < -0.3 is 22.2 Å². The molecule has 0 spiro atoms. The highest BCUT2D eigenvalue weighted by Crippen LogP contribution is 2.34. The van der Waals surface area contributed by atoms with Gasteiger partial charge in [-0.1, -0.05) is 24.3 Å².